The molecule has 4 heteroatoms. The van der Waals surface area contributed by atoms with E-state index < -0.39 is 0 Å². The van der Waals surface area contributed by atoms with Crippen LogP contribution in [-0.4, -0.2) is 0 Å². The van der Waals surface area contributed by atoms with Gasteiger partial charge in [0.15, 0.2) is 0 Å². The summed E-state index contributed by atoms with van der Waals surface area (Å²) in [6.45, 7) is 0. The summed E-state index contributed by atoms with van der Waals surface area (Å²) in [7, 11) is 0. The zero-order chi connectivity index (χ0) is 0. The molecule has 0 aliphatic heterocycles. The molecule has 29 valence electrons. The minimum absolute atomic E-state index is 0. The van der Waals surface area contributed by atoms with Gasteiger partial charge in [0.05, 0.1) is 0 Å². The van der Waals surface area contributed by atoms with Gasteiger partial charge in [0.25, 0.3) is 0 Å². The molecule has 0 spiro atoms. The van der Waals surface area contributed by atoms with E-state index in [9.17, 15) is 0 Å². The smallest absolute Gasteiger partial charge is 1.00 e. The molecule has 0 saturated heterocycles. The molecule has 0 fully saturated rings. The fourth-order valence-electron chi connectivity index (χ4n) is 0. The topological polar surface area (TPSA) is 0 Å². The fraction of sp³-hybridized carbons (Fsp3) is 0. The van der Waals surface area contributed by atoms with Gasteiger partial charge in [-0.15, -0.1) is 0 Å². The van der Waals surface area contributed by atoms with Gasteiger partial charge in [-0.25, -0.2) is 0 Å². The maximum atomic E-state index is 0. The summed E-state index contributed by atoms with van der Waals surface area (Å²) in [5.41, 5.74) is 0. The number of hydrogen-bond acceptors (Lipinski definition) is 0. The second-order valence-corrected chi connectivity index (χ2v) is 0. The van der Waals surface area contributed by atoms with Crippen LogP contribution in [0.3, 0.4) is 0 Å². The van der Waals surface area contributed by atoms with Crippen LogP contribution in [0.2, 0.25) is 0 Å². The molecule has 0 heterocycles. The zero-order valence-corrected chi connectivity index (χ0v) is 9.40. The molecule has 0 atom stereocenters. The molecule has 0 amide bonds. The molecular weight excluding hydrogens is 324 g/mol. The van der Waals surface area contributed by atoms with Gasteiger partial charge in [-0.3, -0.25) is 4.70 Å². The summed E-state index contributed by atoms with van der Waals surface area (Å²) in [6, 6.07) is 0. The quantitative estimate of drug-likeness (QED) is 0.424. The SMILES string of the molecule is F.[H-].[K+].[Lu].[Zr]. The molecule has 0 saturated carbocycles. The normalized spacial score (nSPS) is 0. The van der Waals surface area contributed by atoms with Crippen LogP contribution in [0.4, 0.5) is 4.70 Å². The van der Waals surface area contributed by atoms with Crippen molar-refractivity contribution in [3.8, 4) is 0 Å². The van der Waals surface area contributed by atoms with Gasteiger partial charge in [-0.05, 0) is 0 Å². The van der Waals surface area contributed by atoms with Gasteiger partial charge in [0.2, 0.25) is 0 Å². The molecule has 4 heavy (non-hydrogen) atoms. The Kier molecular flexibility index (Phi) is 101. The monoisotopic (exact) mass is 325 g/mol. The van der Waals surface area contributed by atoms with Crippen molar-refractivity contribution in [2.24, 2.45) is 0 Å². The molecule has 0 aromatic carbocycles. The zero-order valence-electron chi connectivity index (χ0n) is 3.17. The summed E-state index contributed by atoms with van der Waals surface area (Å²) in [5.74, 6) is 0. The van der Waals surface area contributed by atoms with Crippen molar-refractivity contribution in [1.29, 1.82) is 0 Å². The largest absolute Gasteiger partial charge is 1.00 e. The summed E-state index contributed by atoms with van der Waals surface area (Å²) < 4.78 is 0. The Morgan fingerprint density at radius 3 is 1.25 bits per heavy atom. The Hall–Kier alpha value is 3.68. The van der Waals surface area contributed by atoms with E-state index >= 15 is 0 Å². The standard InChI is InChI=1S/FH.K.Lu.Zr.H/h1H;;;;/q;+1;;;-1. The Labute approximate surface area is 117 Å². The van der Waals surface area contributed by atoms with Crippen LogP contribution in [0.15, 0.2) is 0 Å². The molecule has 0 aromatic rings. The van der Waals surface area contributed by atoms with Gasteiger partial charge < -0.3 is 1.43 Å². The van der Waals surface area contributed by atoms with E-state index in [1.165, 1.54) is 0 Å². The molecule has 0 N–H and O–H groups in total. The van der Waals surface area contributed by atoms with Crippen molar-refractivity contribution in [2.45, 2.75) is 0 Å². The predicted octanol–water partition coefficient (Wildman–Crippen LogP) is -2.73. The average molecular weight is 326 g/mol. The van der Waals surface area contributed by atoms with Crippen LogP contribution < -0.4 is 51.4 Å². The summed E-state index contributed by atoms with van der Waals surface area (Å²) in [4.78, 5) is 0. The van der Waals surface area contributed by atoms with Crippen molar-refractivity contribution < 1.29 is 121 Å². The fourth-order valence-corrected chi connectivity index (χ4v) is 0. The van der Waals surface area contributed by atoms with Crippen molar-refractivity contribution in [1.82, 2.24) is 0 Å². The van der Waals surface area contributed by atoms with Crippen molar-refractivity contribution in [3.05, 3.63) is 0 Å². The molecule has 0 unspecified atom stereocenters. The van der Waals surface area contributed by atoms with Crippen LogP contribution in [0.5, 0.6) is 0 Å². The number of hydrogen-bond donors (Lipinski definition) is 0. The van der Waals surface area contributed by atoms with Crippen LogP contribution >= 0.6 is 0 Å². The molecule has 0 aliphatic carbocycles. The van der Waals surface area contributed by atoms with E-state index in [4.69, 9.17) is 0 Å². The second kappa shape index (κ2) is 15.9. The first-order chi connectivity index (χ1) is 0. The van der Waals surface area contributed by atoms with E-state index in [0.29, 0.717) is 0 Å². The second-order valence-electron chi connectivity index (χ2n) is 0. The average Bonchev–Trinajstić information content (AvgIpc) is 0. The third-order valence-corrected chi connectivity index (χ3v) is 0. The minimum Gasteiger partial charge on any atom is -1.00 e. The van der Waals surface area contributed by atoms with E-state index in [1.807, 2.05) is 0 Å². The first kappa shape index (κ1) is 25.3. The third-order valence-electron chi connectivity index (χ3n) is 0. The van der Waals surface area contributed by atoms with Gasteiger partial charge >= 0.3 is 51.4 Å². The third kappa shape index (κ3) is 9.19. The van der Waals surface area contributed by atoms with Gasteiger partial charge in [-0.2, -0.15) is 0 Å². The number of halogens is 1. The Balaban J connectivity index is 0. The van der Waals surface area contributed by atoms with Crippen LogP contribution in [0.25, 0.3) is 0 Å². The molecule has 0 rings (SSSR count). The minimum atomic E-state index is 0. The van der Waals surface area contributed by atoms with Crippen LogP contribution in [0, 0.1) is 36.9 Å². The summed E-state index contributed by atoms with van der Waals surface area (Å²) >= 11 is 0. The molecule has 0 aromatic heterocycles. The summed E-state index contributed by atoms with van der Waals surface area (Å²) in [5, 5.41) is 0. The van der Waals surface area contributed by atoms with Crippen LogP contribution in [-0.2, 0) is 26.2 Å². The van der Waals surface area contributed by atoms with E-state index in [2.05, 4.69) is 0 Å². The van der Waals surface area contributed by atoms with E-state index in [1.54, 1.807) is 0 Å². The molecule has 1 radical (unpaired) electrons. The van der Waals surface area contributed by atoms with E-state index in [-0.39, 0.29) is 121 Å². The van der Waals surface area contributed by atoms with E-state index in [0.717, 1.165) is 0 Å². The van der Waals surface area contributed by atoms with Crippen molar-refractivity contribution >= 4 is 0 Å². The predicted molar refractivity (Wildman–Crippen MR) is 3.62 cm³/mol. The molecular formula is H2FKLuZr. The molecule has 0 bridgehead atoms. The first-order valence-corrected chi connectivity index (χ1v) is 0. The Morgan fingerprint density at radius 2 is 1.25 bits per heavy atom. The van der Waals surface area contributed by atoms with Crippen LogP contribution in [0.1, 0.15) is 1.43 Å². The van der Waals surface area contributed by atoms with Crippen molar-refractivity contribution in [3.63, 3.8) is 0 Å². The Morgan fingerprint density at radius 1 is 1.25 bits per heavy atom. The first-order valence-electron chi connectivity index (χ1n) is 0. The summed E-state index contributed by atoms with van der Waals surface area (Å²) in [6.07, 6.45) is 0. The maximum absolute atomic E-state index is 0. The van der Waals surface area contributed by atoms with Gasteiger partial charge in [0.1, 0.15) is 0 Å². The maximum Gasteiger partial charge on any atom is 1.00 e. The molecule has 0 aliphatic rings. The van der Waals surface area contributed by atoms with Gasteiger partial charge in [-0.1, -0.05) is 0 Å². The van der Waals surface area contributed by atoms with Crippen molar-refractivity contribution in [2.75, 3.05) is 0 Å². The Bertz CT molecular complexity index is 11.6. The number of rotatable bonds is 0. The molecule has 0 nitrogen and oxygen atoms in total. The van der Waals surface area contributed by atoms with Gasteiger partial charge in [0, 0.05) is 63.1 Å².